The molecular formula is C23H24N2O5. The Bertz CT molecular complexity index is 1040. The van der Waals surface area contributed by atoms with Crippen LogP contribution in [0.4, 0.5) is 0 Å². The first kappa shape index (κ1) is 20.1. The van der Waals surface area contributed by atoms with Crippen LogP contribution < -0.4 is 0 Å². The van der Waals surface area contributed by atoms with Crippen molar-refractivity contribution in [3.05, 3.63) is 47.7 Å². The average Bonchev–Trinajstić information content (AvgIpc) is 3.19. The summed E-state index contributed by atoms with van der Waals surface area (Å²) < 4.78 is 5.32. The van der Waals surface area contributed by atoms with Crippen LogP contribution in [-0.2, 0) is 19.1 Å². The number of ether oxygens (including phenoxy) is 1. The first-order valence-electron chi connectivity index (χ1n) is 10.2. The molecule has 2 aromatic rings. The number of rotatable bonds is 6. The number of esters is 1. The molecule has 7 heteroatoms. The second-order valence-corrected chi connectivity index (χ2v) is 7.90. The number of hydrogen-bond acceptors (Lipinski definition) is 5. The van der Waals surface area contributed by atoms with Gasteiger partial charge in [0.2, 0.25) is 17.6 Å². The van der Waals surface area contributed by atoms with Crippen LogP contribution in [0.1, 0.15) is 42.2 Å². The van der Waals surface area contributed by atoms with Crippen molar-refractivity contribution in [1.29, 1.82) is 0 Å². The number of carbonyl (C=O) groups excluding carboxylic acids is 4. The number of fused-ring (bicyclic) bond motifs is 2. The van der Waals surface area contributed by atoms with Gasteiger partial charge in [0.1, 0.15) is 0 Å². The predicted molar refractivity (Wildman–Crippen MR) is 110 cm³/mol. The lowest BCUT2D eigenvalue weighted by atomic mass is 9.85. The topological polar surface area (TPSA) is 96.5 Å². The lowest BCUT2D eigenvalue weighted by Gasteiger charge is -2.16. The highest BCUT2D eigenvalue weighted by atomic mass is 16.5. The molecule has 0 saturated carbocycles. The summed E-state index contributed by atoms with van der Waals surface area (Å²) >= 11 is 0. The fourth-order valence-corrected chi connectivity index (χ4v) is 4.40. The van der Waals surface area contributed by atoms with Crippen LogP contribution in [0.15, 0.2) is 36.4 Å². The molecule has 2 heterocycles. The molecule has 1 aromatic heterocycles. The van der Waals surface area contributed by atoms with Gasteiger partial charge >= 0.3 is 5.97 Å². The van der Waals surface area contributed by atoms with E-state index in [1.165, 1.54) is 11.8 Å². The third-order valence-electron chi connectivity index (χ3n) is 5.96. The fourth-order valence-electron chi connectivity index (χ4n) is 4.40. The number of aromatic amines is 1. The van der Waals surface area contributed by atoms with Crippen LogP contribution in [0.3, 0.4) is 0 Å². The third kappa shape index (κ3) is 3.44. The van der Waals surface area contributed by atoms with Gasteiger partial charge in [0.25, 0.3) is 0 Å². The number of amides is 2. The Morgan fingerprint density at radius 1 is 1.13 bits per heavy atom. The molecule has 2 aliphatic rings. The summed E-state index contributed by atoms with van der Waals surface area (Å²) in [5, 5.41) is 0.785. The zero-order chi connectivity index (χ0) is 21.4. The van der Waals surface area contributed by atoms with Crippen LogP contribution in [0.25, 0.3) is 10.9 Å². The van der Waals surface area contributed by atoms with Gasteiger partial charge in [-0.2, -0.15) is 0 Å². The Hall–Kier alpha value is -3.22. The molecule has 7 nitrogen and oxygen atoms in total. The SMILES string of the molecule is Cc1[nH]c2ccccc2c1C(=O)[C@@H](C)OC(=O)CCN1C(=O)[C@H]2CC=CC[C@@H]2C1=O. The number of nitrogens with zero attached hydrogens (tertiary/aromatic N) is 1. The third-order valence-corrected chi connectivity index (χ3v) is 5.96. The molecule has 2 amide bonds. The minimum absolute atomic E-state index is 0.0173. The van der Waals surface area contributed by atoms with Gasteiger partial charge in [-0.25, -0.2) is 0 Å². The molecule has 30 heavy (non-hydrogen) atoms. The van der Waals surface area contributed by atoms with Crippen molar-refractivity contribution >= 4 is 34.5 Å². The first-order valence-corrected chi connectivity index (χ1v) is 10.2. The highest BCUT2D eigenvalue weighted by Crippen LogP contribution is 2.35. The normalized spacial score (nSPS) is 21.7. The number of likely N-dealkylation sites (tertiary alicyclic amines) is 1. The molecule has 0 spiro atoms. The molecule has 156 valence electrons. The zero-order valence-corrected chi connectivity index (χ0v) is 17.0. The fraction of sp³-hybridized carbons (Fsp3) is 0.391. The number of H-pyrrole nitrogens is 1. The number of hydrogen-bond donors (Lipinski definition) is 1. The lowest BCUT2D eigenvalue weighted by Crippen LogP contribution is -2.34. The van der Waals surface area contributed by atoms with Crippen LogP contribution in [-0.4, -0.2) is 46.1 Å². The predicted octanol–water partition coefficient (Wildman–Crippen LogP) is 2.93. The van der Waals surface area contributed by atoms with Crippen LogP contribution in [0, 0.1) is 18.8 Å². The summed E-state index contributed by atoms with van der Waals surface area (Å²) in [5.74, 6) is -1.97. The average molecular weight is 408 g/mol. The summed E-state index contributed by atoms with van der Waals surface area (Å²) in [5.41, 5.74) is 2.07. The van der Waals surface area contributed by atoms with E-state index >= 15 is 0 Å². The molecule has 0 unspecified atom stereocenters. The van der Waals surface area contributed by atoms with Gasteiger partial charge < -0.3 is 9.72 Å². The van der Waals surface area contributed by atoms with Gasteiger partial charge in [0.15, 0.2) is 6.10 Å². The van der Waals surface area contributed by atoms with Crippen molar-refractivity contribution in [2.75, 3.05) is 6.54 Å². The number of nitrogens with one attached hydrogen (secondary N) is 1. The summed E-state index contributed by atoms with van der Waals surface area (Å²) in [7, 11) is 0. The number of Topliss-reactive ketones (excluding diaryl/α,β-unsaturated/α-hetero) is 1. The van der Waals surface area contributed by atoms with Crippen molar-refractivity contribution in [1.82, 2.24) is 9.88 Å². The van der Waals surface area contributed by atoms with E-state index in [4.69, 9.17) is 4.74 Å². The van der Waals surface area contributed by atoms with E-state index in [0.29, 0.717) is 24.1 Å². The maximum atomic E-state index is 12.9. The second-order valence-electron chi connectivity index (χ2n) is 7.90. The van der Waals surface area contributed by atoms with Gasteiger partial charge in [-0.15, -0.1) is 0 Å². The number of carbonyl (C=O) groups is 4. The van der Waals surface area contributed by atoms with Gasteiger partial charge in [-0.3, -0.25) is 24.1 Å². The molecule has 3 atom stereocenters. The van der Waals surface area contributed by atoms with Gasteiger partial charge in [-0.1, -0.05) is 30.4 Å². The van der Waals surface area contributed by atoms with E-state index in [9.17, 15) is 19.2 Å². The molecule has 1 aromatic carbocycles. The summed E-state index contributed by atoms with van der Waals surface area (Å²) in [6.07, 6.45) is 3.87. The van der Waals surface area contributed by atoms with E-state index in [2.05, 4.69) is 4.98 Å². The van der Waals surface area contributed by atoms with E-state index in [1.807, 2.05) is 36.4 Å². The number of aryl methyl sites for hydroxylation is 1. The number of imide groups is 1. The minimum Gasteiger partial charge on any atom is -0.454 e. The van der Waals surface area contributed by atoms with Crippen molar-refractivity contribution in [2.24, 2.45) is 11.8 Å². The largest absolute Gasteiger partial charge is 0.454 e. The Morgan fingerprint density at radius 3 is 2.43 bits per heavy atom. The highest BCUT2D eigenvalue weighted by Gasteiger charge is 2.47. The molecule has 1 aliphatic carbocycles. The molecule has 1 N–H and O–H groups in total. The van der Waals surface area contributed by atoms with Gasteiger partial charge in [0.05, 0.1) is 18.3 Å². The Morgan fingerprint density at radius 2 is 1.77 bits per heavy atom. The second kappa shape index (κ2) is 7.89. The number of ketones is 1. The number of para-hydroxylation sites is 1. The summed E-state index contributed by atoms with van der Waals surface area (Å²) in [4.78, 5) is 54.5. The van der Waals surface area contributed by atoms with Crippen molar-refractivity contribution in [2.45, 2.75) is 39.2 Å². The van der Waals surface area contributed by atoms with Crippen LogP contribution in [0.5, 0.6) is 0 Å². The van der Waals surface area contributed by atoms with E-state index < -0.39 is 12.1 Å². The Balaban J connectivity index is 1.37. The molecule has 1 saturated heterocycles. The Kier molecular flexibility index (Phi) is 5.28. The molecular weight excluding hydrogens is 384 g/mol. The minimum atomic E-state index is -0.966. The van der Waals surface area contributed by atoms with Gasteiger partial charge in [-0.05, 0) is 32.8 Å². The summed E-state index contributed by atoms with van der Waals surface area (Å²) in [6, 6.07) is 7.45. The standard InChI is InChI=1S/C23H24N2O5/c1-13-20(17-9-5-6-10-18(17)24-13)21(27)14(2)30-19(26)11-12-25-22(28)15-7-3-4-8-16(15)23(25)29/h3-6,9-10,14-16,24H,7-8,11-12H2,1-2H3/t14-,15+,16+/m1/s1. The van der Waals surface area contributed by atoms with Gasteiger partial charge in [0, 0.05) is 28.7 Å². The molecule has 0 radical (unpaired) electrons. The molecule has 1 fully saturated rings. The maximum Gasteiger partial charge on any atom is 0.308 e. The van der Waals surface area contributed by atoms with Crippen LogP contribution in [0.2, 0.25) is 0 Å². The van der Waals surface area contributed by atoms with Crippen molar-refractivity contribution in [3.63, 3.8) is 0 Å². The number of aromatic nitrogens is 1. The maximum absolute atomic E-state index is 12.9. The van der Waals surface area contributed by atoms with E-state index in [-0.39, 0.29) is 42.4 Å². The first-order chi connectivity index (χ1) is 14.4. The highest BCUT2D eigenvalue weighted by molar-refractivity contribution is 6.11. The number of allylic oxidation sites excluding steroid dienone is 2. The van der Waals surface area contributed by atoms with E-state index in [1.54, 1.807) is 6.92 Å². The van der Waals surface area contributed by atoms with Crippen LogP contribution >= 0.6 is 0 Å². The quantitative estimate of drug-likeness (QED) is 0.343. The Labute approximate surface area is 174 Å². The molecule has 1 aliphatic heterocycles. The number of benzene rings is 1. The zero-order valence-electron chi connectivity index (χ0n) is 17.0. The molecule has 0 bridgehead atoms. The van der Waals surface area contributed by atoms with E-state index in [0.717, 1.165) is 10.9 Å². The molecule has 4 rings (SSSR count). The smallest absolute Gasteiger partial charge is 0.308 e. The monoisotopic (exact) mass is 408 g/mol. The summed E-state index contributed by atoms with van der Waals surface area (Å²) in [6.45, 7) is 3.32. The van der Waals surface area contributed by atoms with Crippen molar-refractivity contribution in [3.8, 4) is 0 Å². The lowest BCUT2D eigenvalue weighted by molar-refractivity contribution is -0.147. The van der Waals surface area contributed by atoms with Crippen molar-refractivity contribution < 1.29 is 23.9 Å².